The molecule has 0 aliphatic rings. The van der Waals surface area contributed by atoms with Gasteiger partial charge in [-0.25, -0.2) is 0 Å². The van der Waals surface area contributed by atoms with Crippen LogP contribution in [0.1, 0.15) is 53.4 Å². The van der Waals surface area contributed by atoms with Crippen LogP contribution < -0.4 is 10.2 Å². The van der Waals surface area contributed by atoms with Crippen LogP contribution in [-0.4, -0.2) is 25.2 Å². The molecule has 0 aromatic rings. The van der Waals surface area contributed by atoms with Gasteiger partial charge >= 0.3 is 82.5 Å². The number of carboxylic acid groups (broad SMARTS) is 2. The van der Waals surface area contributed by atoms with Crippen molar-refractivity contribution < 1.29 is 49.5 Å². The molecule has 0 aromatic carbocycles. The predicted octanol–water partition coefficient (Wildman–Crippen LogP) is 1.16. The van der Waals surface area contributed by atoms with E-state index >= 15 is 0 Å². The van der Waals surface area contributed by atoms with E-state index in [1.807, 2.05) is 0 Å². The second-order valence-corrected chi connectivity index (χ2v) is 6.45. The summed E-state index contributed by atoms with van der Waals surface area (Å²) >= 11 is -0.876. The van der Waals surface area contributed by atoms with Crippen LogP contribution in [0, 0.1) is 0 Å². The third kappa shape index (κ3) is 33.8. The summed E-state index contributed by atoms with van der Waals surface area (Å²) in [5, 5.41) is 19.0. The molecule has 0 saturated heterocycles. The number of carboxylic acids is 2. The summed E-state index contributed by atoms with van der Waals surface area (Å²) in [4.78, 5) is 19.0. The molecule has 0 aliphatic heterocycles. The van der Waals surface area contributed by atoms with Crippen molar-refractivity contribution in [1.29, 1.82) is 0 Å². The van der Waals surface area contributed by atoms with E-state index in [9.17, 15) is 19.8 Å². The Labute approximate surface area is 152 Å². The third-order valence-corrected chi connectivity index (χ3v) is 3.60. The molecule has 0 unspecified atom stereocenters. The van der Waals surface area contributed by atoms with Gasteiger partial charge in [0.15, 0.2) is 0 Å². The zero-order chi connectivity index (χ0) is 18.7. The zero-order valence-electron chi connectivity index (χ0n) is 14.6. The molecule has 0 radical (unpaired) electrons. The Kier molecular flexibility index (Phi) is 25.0. The molecular weight excluding hydrogens is 379 g/mol. The van der Waals surface area contributed by atoms with E-state index in [1.165, 1.54) is 39.5 Å². The third-order valence-electron chi connectivity index (χ3n) is 2.01. The first-order chi connectivity index (χ1) is 10.7. The maximum atomic E-state index is 9.49. The van der Waals surface area contributed by atoms with Gasteiger partial charge in [-0.3, -0.25) is 0 Å². The first-order valence-corrected chi connectivity index (χ1v) is 9.43. The fraction of sp³-hybridized carbons (Fsp3) is 0.625. The monoisotopic (exact) mass is 406 g/mol. The summed E-state index contributed by atoms with van der Waals surface area (Å²) in [5.74, 6) is -2.37. The molecule has 0 amide bonds. The maximum absolute atomic E-state index is 9.49. The fourth-order valence-corrected chi connectivity index (χ4v) is 1.88. The normalized spacial score (nSPS) is 8.52. The van der Waals surface area contributed by atoms with Crippen LogP contribution in [0.25, 0.3) is 0 Å². The molecule has 0 fully saturated rings. The van der Waals surface area contributed by atoms with E-state index in [4.69, 9.17) is 5.63 Å². The predicted molar refractivity (Wildman–Crippen MR) is 81.4 cm³/mol. The standard InChI is InChI=1S/2C4H6O2.2C4H9O.Zr/c2*1-3(2)4(5)6;2*1-2-3-4-5;/h2*1H2,2H3,(H,5,6);2*2-4H2,1H3;/q;;2*-1;+4/p-2. The summed E-state index contributed by atoms with van der Waals surface area (Å²) in [6.45, 7) is 15.1. The van der Waals surface area contributed by atoms with Crippen molar-refractivity contribution in [2.45, 2.75) is 53.4 Å². The summed E-state index contributed by atoms with van der Waals surface area (Å²) in [5.41, 5.74) is 0.130. The number of aliphatic carboxylic acids is 2. The summed E-state index contributed by atoms with van der Waals surface area (Å²) in [7, 11) is 0. The zero-order valence-corrected chi connectivity index (χ0v) is 17.1. The number of rotatable bonds is 10. The Bertz CT molecular complexity index is 285. The van der Waals surface area contributed by atoms with Crippen molar-refractivity contribution in [1.82, 2.24) is 0 Å². The Balaban J connectivity index is -0.000000284. The number of hydrogen-bond acceptors (Lipinski definition) is 6. The molecule has 7 heteroatoms. The molecule has 0 bridgehead atoms. The van der Waals surface area contributed by atoms with Crippen molar-refractivity contribution >= 4 is 11.9 Å². The second-order valence-electron chi connectivity index (χ2n) is 4.62. The summed E-state index contributed by atoms with van der Waals surface area (Å²) < 4.78 is 10.7. The summed E-state index contributed by atoms with van der Waals surface area (Å²) in [6, 6.07) is 0. The van der Waals surface area contributed by atoms with Gasteiger partial charge in [-0.05, 0) is 25.0 Å². The molecule has 0 heterocycles. The van der Waals surface area contributed by atoms with Crippen molar-refractivity contribution in [2.75, 3.05) is 13.2 Å². The molecule has 0 N–H and O–H groups in total. The van der Waals surface area contributed by atoms with Gasteiger partial charge in [0.1, 0.15) is 0 Å². The molecule has 0 aromatic heterocycles. The van der Waals surface area contributed by atoms with E-state index in [1.54, 1.807) is 0 Å². The topological polar surface area (TPSA) is 98.7 Å². The Hall–Kier alpha value is -0.777. The molecule has 0 aliphatic carbocycles. The van der Waals surface area contributed by atoms with E-state index in [2.05, 4.69) is 27.0 Å². The molecule has 23 heavy (non-hydrogen) atoms. The van der Waals surface area contributed by atoms with E-state index in [0.29, 0.717) is 0 Å². The number of hydrogen-bond donors (Lipinski definition) is 0. The molecule has 0 spiro atoms. The Morgan fingerprint density at radius 1 is 0.870 bits per heavy atom. The second kappa shape index (κ2) is 21.2. The van der Waals surface area contributed by atoms with Crippen molar-refractivity contribution in [3.05, 3.63) is 24.3 Å². The molecule has 132 valence electrons. The Morgan fingerprint density at radius 2 is 1.13 bits per heavy atom. The van der Waals surface area contributed by atoms with Crippen LogP contribution in [0.3, 0.4) is 0 Å². The van der Waals surface area contributed by atoms with Gasteiger partial charge in [-0.2, -0.15) is 0 Å². The summed E-state index contributed by atoms with van der Waals surface area (Å²) in [6.07, 6.45) is 4.79. The van der Waals surface area contributed by atoms with Crippen LogP contribution in [-0.2, 0) is 39.3 Å². The van der Waals surface area contributed by atoms with Gasteiger partial charge in [-0.1, -0.05) is 13.2 Å². The molecule has 0 saturated carbocycles. The quantitative estimate of drug-likeness (QED) is 0.398. The van der Waals surface area contributed by atoms with Gasteiger partial charge in [0, 0.05) is 0 Å². The van der Waals surface area contributed by atoms with Gasteiger partial charge in [0.05, 0.1) is 11.9 Å². The van der Waals surface area contributed by atoms with Crippen molar-refractivity contribution in [2.24, 2.45) is 0 Å². The van der Waals surface area contributed by atoms with Crippen molar-refractivity contribution in [3.8, 4) is 0 Å². The van der Waals surface area contributed by atoms with E-state index in [-0.39, 0.29) is 11.1 Å². The van der Waals surface area contributed by atoms with Crippen LogP contribution in [0.4, 0.5) is 0 Å². The van der Waals surface area contributed by atoms with Gasteiger partial charge in [0.2, 0.25) is 0 Å². The van der Waals surface area contributed by atoms with Gasteiger partial charge < -0.3 is 19.8 Å². The molecule has 6 nitrogen and oxygen atoms in total. The molecule has 0 atom stereocenters. The minimum absolute atomic E-state index is 0.0648. The molecular formula is C16H28O6Zr. The van der Waals surface area contributed by atoms with Crippen LogP contribution in [0.2, 0.25) is 0 Å². The minimum atomic E-state index is -1.19. The molecule has 0 rings (SSSR count). The first kappa shape index (κ1) is 27.1. The van der Waals surface area contributed by atoms with Crippen molar-refractivity contribution in [3.63, 3.8) is 0 Å². The van der Waals surface area contributed by atoms with Crippen LogP contribution in [0.15, 0.2) is 24.3 Å². The fourth-order valence-electron chi connectivity index (χ4n) is 0.558. The van der Waals surface area contributed by atoms with Crippen LogP contribution in [0.5, 0.6) is 0 Å². The van der Waals surface area contributed by atoms with Gasteiger partial charge in [0.25, 0.3) is 0 Å². The average molecular weight is 408 g/mol. The first-order valence-electron chi connectivity index (χ1n) is 7.42. The number of carbonyl (C=O) groups excluding carboxylic acids is 2. The van der Waals surface area contributed by atoms with Gasteiger partial charge in [-0.15, -0.1) is 0 Å². The van der Waals surface area contributed by atoms with E-state index in [0.717, 1.165) is 13.2 Å². The van der Waals surface area contributed by atoms with Crippen LogP contribution >= 0.6 is 0 Å². The Morgan fingerprint density at radius 3 is 1.30 bits per heavy atom. The van der Waals surface area contributed by atoms with E-state index < -0.39 is 36.1 Å². The number of carbonyl (C=O) groups is 2. The number of unbranched alkanes of at least 4 members (excludes halogenated alkanes) is 2. The average Bonchev–Trinajstić information content (AvgIpc) is 2.47. The SMILES string of the molecule is C=C(C)C(=O)[O-].C=C(C)C(=O)[O-].CCCC[O][Zr+2][O]CCCC.